The second kappa shape index (κ2) is 5.69. The lowest BCUT2D eigenvalue weighted by atomic mass is 10.2. The topological polar surface area (TPSA) is 71.2 Å². The van der Waals surface area contributed by atoms with E-state index in [1.807, 2.05) is 30.3 Å². The van der Waals surface area contributed by atoms with Gasteiger partial charge in [-0.05, 0) is 24.3 Å². The molecule has 2 aromatic rings. The fraction of sp³-hybridized carbons (Fsp3) is 0.0769. The number of rotatable bonds is 3. The molecule has 1 aromatic carbocycles. The zero-order chi connectivity index (χ0) is 13.8. The lowest BCUT2D eigenvalue weighted by molar-refractivity contribution is 0.0993. The Morgan fingerprint density at radius 3 is 2.63 bits per heavy atom. The van der Waals surface area contributed by atoms with Crippen LogP contribution in [-0.4, -0.2) is 17.9 Å². The predicted molar refractivity (Wildman–Crippen MR) is 76.2 cm³/mol. The Balaban J connectivity index is 2.31. The van der Waals surface area contributed by atoms with Crippen LogP contribution in [0.3, 0.4) is 0 Å². The number of amides is 1. The third-order valence-corrected chi connectivity index (χ3v) is 2.83. The smallest absolute Gasteiger partial charge is 0.258 e. The van der Waals surface area contributed by atoms with Crippen molar-refractivity contribution in [3.63, 3.8) is 0 Å². The number of carbonyl (C=O) groups excluding carboxylic acids is 1. The molecule has 0 spiro atoms. The second-order valence-electron chi connectivity index (χ2n) is 3.91. The molecule has 1 amide bonds. The number of para-hydroxylation sites is 1. The first kappa shape index (κ1) is 13.3. The number of hydrogen-bond donors (Lipinski definition) is 2. The molecule has 0 atom stereocenters. The largest absolute Gasteiger partial charge is 0.311 e. The van der Waals surface area contributed by atoms with Gasteiger partial charge in [0.25, 0.3) is 5.91 Å². The first-order chi connectivity index (χ1) is 9.11. The Morgan fingerprint density at radius 1 is 1.32 bits per heavy atom. The first-order valence-electron chi connectivity index (χ1n) is 5.59. The maximum Gasteiger partial charge on any atom is 0.258 e. The average Bonchev–Trinajstić information content (AvgIpc) is 2.46. The summed E-state index contributed by atoms with van der Waals surface area (Å²) in [7, 11) is 1.70. The highest BCUT2D eigenvalue weighted by atomic mass is 35.5. The Kier molecular flexibility index (Phi) is 3.99. The third-order valence-electron chi connectivity index (χ3n) is 2.64. The normalized spacial score (nSPS) is 10.1. The summed E-state index contributed by atoms with van der Waals surface area (Å²) in [5.74, 6) is 5.44. The summed E-state index contributed by atoms with van der Waals surface area (Å²) in [5, 5.41) is 0.209. The fourth-order valence-corrected chi connectivity index (χ4v) is 1.87. The van der Waals surface area contributed by atoms with Gasteiger partial charge in [0.15, 0.2) is 0 Å². The van der Waals surface area contributed by atoms with E-state index in [0.717, 1.165) is 5.69 Å². The minimum Gasteiger partial charge on any atom is -0.311 e. The van der Waals surface area contributed by atoms with Crippen molar-refractivity contribution in [3.05, 3.63) is 53.2 Å². The standard InChI is InChI=1S/C13H13ClN4O/c1-18(10-5-3-2-4-6-10)13(19)9-7-11(14)16-12(8-9)17-15/h2-8H,15H2,1H3,(H,16,17). The van der Waals surface area contributed by atoms with Gasteiger partial charge >= 0.3 is 0 Å². The number of halogens is 1. The van der Waals surface area contributed by atoms with Crippen molar-refractivity contribution in [1.82, 2.24) is 4.98 Å². The molecule has 0 aliphatic carbocycles. The number of carbonyl (C=O) groups is 1. The Hall–Kier alpha value is -2.11. The zero-order valence-corrected chi connectivity index (χ0v) is 11.1. The van der Waals surface area contributed by atoms with Gasteiger partial charge in [0.1, 0.15) is 11.0 Å². The molecule has 0 fully saturated rings. The van der Waals surface area contributed by atoms with Gasteiger partial charge in [-0.15, -0.1) is 0 Å². The predicted octanol–water partition coefficient (Wildman–Crippen LogP) is 2.30. The maximum atomic E-state index is 12.3. The van der Waals surface area contributed by atoms with Gasteiger partial charge in [0.05, 0.1) is 0 Å². The van der Waals surface area contributed by atoms with Crippen molar-refractivity contribution in [2.45, 2.75) is 0 Å². The minimum atomic E-state index is -0.188. The van der Waals surface area contributed by atoms with E-state index in [2.05, 4.69) is 10.4 Å². The molecule has 0 aliphatic heterocycles. The quantitative estimate of drug-likeness (QED) is 0.513. The van der Waals surface area contributed by atoms with Gasteiger partial charge in [-0.1, -0.05) is 29.8 Å². The van der Waals surface area contributed by atoms with Crippen LogP contribution in [0, 0.1) is 0 Å². The summed E-state index contributed by atoms with van der Waals surface area (Å²) in [6, 6.07) is 12.4. The van der Waals surface area contributed by atoms with Crippen molar-refractivity contribution >= 4 is 29.0 Å². The summed E-state index contributed by atoms with van der Waals surface area (Å²) in [5.41, 5.74) is 3.59. The molecule has 0 saturated heterocycles. The van der Waals surface area contributed by atoms with E-state index in [1.165, 1.54) is 11.0 Å². The maximum absolute atomic E-state index is 12.3. The van der Waals surface area contributed by atoms with Gasteiger partial charge in [-0.2, -0.15) is 0 Å². The van der Waals surface area contributed by atoms with E-state index in [9.17, 15) is 4.79 Å². The van der Waals surface area contributed by atoms with Gasteiger partial charge in [0.2, 0.25) is 0 Å². The Bertz CT molecular complexity index is 588. The number of pyridine rings is 1. The van der Waals surface area contributed by atoms with E-state index in [4.69, 9.17) is 17.4 Å². The molecule has 0 radical (unpaired) electrons. The Morgan fingerprint density at radius 2 is 2.00 bits per heavy atom. The third kappa shape index (κ3) is 3.01. The van der Waals surface area contributed by atoms with Crippen molar-refractivity contribution in [1.29, 1.82) is 0 Å². The number of nitrogens with two attached hydrogens (primary N) is 1. The molecule has 0 unspecified atom stereocenters. The summed E-state index contributed by atoms with van der Waals surface area (Å²) in [4.78, 5) is 17.8. The van der Waals surface area contributed by atoms with Gasteiger partial charge in [-0.3, -0.25) is 4.79 Å². The van der Waals surface area contributed by atoms with Crippen LogP contribution in [-0.2, 0) is 0 Å². The van der Waals surface area contributed by atoms with Crippen LogP contribution < -0.4 is 16.2 Å². The molecular formula is C13H13ClN4O. The van der Waals surface area contributed by atoms with Crippen molar-refractivity contribution in [3.8, 4) is 0 Å². The zero-order valence-electron chi connectivity index (χ0n) is 10.3. The number of hydrazine groups is 1. The number of nitrogen functional groups attached to an aromatic ring is 1. The molecule has 98 valence electrons. The van der Waals surface area contributed by atoms with Crippen molar-refractivity contribution < 1.29 is 4.79 Å². The van der Waals surface area contributed by atoms with Gasteiger partial charge in [0, 0.05) is 18.3 Å². The van der Waals surface area contributed by atoms with Crippen LogP contribution in [0.15, 0.2) is 42.5 Å². The number of benzene rings is 1. The SMILES string of the molecule is CN(C(=O)c1cc(Cl)nc(NN)c1)c1ccccc1. The minimum absolute atomic E-state index is 0.188. The summed E-state index contributed by atoms with van der Waals surface area (Å²) < 4.78 is 0. The highest BCUT2D eigenvalue weighted by molar-refractivity contribution is 6.30. The first-order valence-corrected chi connectivity index (χ1v) is 5.97. The van der Waals surface area contributed by atoms with Crippen LogP contribution in [0.25, 0.3) is 0 Å². The molecule has 1 heterocycles. The summed E-state index contributed by atoms with van der Waals surface area (Å²) >= 11 is 5.85. The van der Waals surface area contributed by atoms with Gasteiger partial charge in [-0.25, -0.2) is 10.8 Å². The summed E-state index contributed by atoms with van der Waals surface area (Å²) in [6.07, 6.45) is 0. The molecule has 0 bridgehead atoms. The fourth-order valence-electron chi connectivity index (χ4n) is 1.66. The molecule has 2 rings (SSSR count). The summed E-state index contributed by atoms with van der Waals surface area (Å²) in [6.45, 7) is 0. The molecule has 5 nitrogen and oxygen atoms in total. The van der Waals surface area contributed by atoms with Crippen LogP contribution in [0.2, 0.25) is 5.15 Å². The number of anilines is 2. The highest BCUT2D eigenvalue weighted by Crippen LogP contribution is 2.18. The lowest BCUT2D eigenvalue weighted by Gasteiger charge is -2.17. The molecule has 0 aliphatic rings. The monoisotopic (exact) mass is 276 g/mol. The van der Waals surface area contributed by atoms with E-state index in [-0.39, 0.29) is 11.1 Å². The van der Waals surface area contributed by atoms with Crippen molar-refractivity contribution in [2.75, 3.05) is 17.4 Å². The van der Waals surface area contributed by atoms with Crippen LogP contribution in [0.1, 0.15) is 10.4 Å². The Labute approximate surface area is 116 Å². The molecule has 6 heteroatoms. The van der Waals surface area contributed by atoms with Crippen LogP contribution in [0.4, 0.5) is 11.5 Å². The number of hydrogen-bond acceptors (Lipinski definition) is 4. The molecule has 0 saturated carbocycles. The highest BCUT2D eigenvalue weighted by Gasteiger charge is 2.15. The van der Waals surface area contributed by atoms with Crippen LogP contribution >= 0.6 is 11.6 Å². The van der Waals surface area contributed by atoms with Crippen LogP contribution in [0.5, 0.6) is 0 Å². The number of nitrogens with zero attached hydrogens (tertiary/aromatic N) is 2. The van der Waals surface area contributed by atoms with E-state index < -0.39 is 0 Å². The van der Waals surface area contributed by atoms with E-state index >= 15 is 0 Å². The van der Waals surface area contributed by atoms with E-state index in [0.29, 0.717) is 11.4 Å². The van der Waals surface area contributed by atoms with E-state index in [1.54, 1.807) is 13.1 Å². The number of aromatic nitrogens is 1. The molecule has 1 aromatic heterocycles. The molecular weight excluding hydrogens is 264 g/mol. The second-order valence-corrected chi connectivity index (χ2v) is 4.30. The van der Waals surface area contributed by atoms with Crippen molar-refractivity contribution in [2.24, 2.45) is 5.84 Å². The molecule has 3 N–H and O–H groups in total. The molecule has 19 heavy (non-hydrogen) atoms. The van der Waals surface area contributed by atoms with Gasteiger partial charge < -0.3 is 10.3 Å². The lowest BCUT2D eigenvalue weighted by Crippen LogP contribution is -2.26. The average molecular weight is 277 g/mol. The number of nitrogens with one attached hydrogen (secondary N) is 1.